The number of aromatic carboxylic acids is 1. The number of phenolic OH excluding ortho intramolecular Hbond substituents is 1. The van der Waals surface area contributed by atoms with Crippen molar-refractivity contribution in [1.82, 2.24) is 0 Å². The predicted octanol–water partition coefficient (Wildman–Crippen LogP) is 3.24. The van der Waals surface area contributed by atoms with Gasteiger partial charge in [0.15, 0.2) is 11.5 Å². The number of aryl methyl sites for hydroxylation is 1. The molecule has 3 aromatic rings. The third kappa shape index (κ3) is 2.44. The molecule has 2 N–H and O–H groups in total. The van der Waals surface area contributed by atoms with Gasteiger partial charge in [-0.25, -0.2) is 9.59 Å². The Hall–Kier alpha value is -2.80. The molecule has 0 bridgehead atoms. The second kappa shape index (κ2) is 5.44. The summed E-state index contributed by atoms with van der Waals surface area (Å²) in [6, 6.07) is 5.93. The molecular formula is C16H12O6S. The molecule has 0 atom stereocenters. The smallest absolute Gasteiger partial charge is 0.345 e. The van der Waals surface area contributed by atoms with Crippen LogP contribution in [0.4, 0.5) is 0 Å². The Bertz CT molecular complexity index is 982. The van der Waals surface area contributed by atoms with Crippen LogP contribution in [0.2, 0.25) is 0 Å². The molecule has 7 heteroatoms. The van der Waals surface area contributed by atoms with Gasteiger partial charge in [0.05, 0.1) is 12.7 Å². The van der Waals surface area contributed by atoms with Gasteiger partial charge in [0.2, 0.25) is 0 Å². The van der Waals surface area contributed by atoms with Gasteiger partial charge in [-0.15, -0.1) is 11.3 Å². The molecular weight excluding hydrogens is 320 g/mol. The summed E-state index contributed by atoms with van der Waals surface area (Å²) in [7, 11) is 1.43. The van der Waals surface area contributed by atoms with Gasteiger partial charge in [-0.05, 0) is 30.7 Å². The molecule has 2 aromatic heterocycles. The molecule has 3 rings (SSSR count). The number of carbonyl (C=O) groups is 1. The van der Waals surface area contributed by atoms with Gasteiger partial charge in [0.25, 0.3) is 0 Å². The van der Waals surface area contributed by atoms with Gasteiger partial charge in [0.1, 0.15) is 10.5 Å². The molecule has 23 heavy (non-hydrogen) atoms. The highest BCUT2D eigenvalue weighted by Gasteiger charge is 2.18. The Morgan fingerprint density at radius 2 is 2.04 bits per heavy atom. The van der Waals surface area contributed by atoms with Crippen molar-refractivity contribution in [2.45, 2.75) is 6.92 Å². The van der Waals surface area contributed by atoms with Crippen LogP contribution in [0.3, 0.4) is 0 Å². The maximum Gasteiger partial charge on any atom is 0.345 e. The zero-order valence-electron chi connectivity index (χ0n) is 12.2. The Balaban J connectivity index is 2.30. The van der Waals surface area contributed by atoms with Gasteiger partial charge >= 0.3 is 11.6 Å². The van der Waals surface area contributed by atoms with E-state index in [2.05, 4.69) is 0 Å². The molecule has 0 aliphatic heterocycles. The maximum atomic E-state index is 12.3. The number of ether oxygens (including phenoxy) is 1. The number of thiophene rings is 1. The number of hydrogen-bond acceptors (Lipinski definition) is 6. The lowest BCUT2D eigenvalue weighted by atomic mass is 10.0. The van der Waals surface area contributed by atoms with Crippen LogP contribution >= 0.6 is 11.3 Å². The maximum absolute atomic E-state index is 12.3. The molecule has 0 aliphatic rings. The van der Waals surface area contributed by atoms with E-state index < -0.39 is 11.6 Å². The molecule has 6 nitrogen and oxygen atoms in total. The van der Waals surface area contributed by atoms with Crippen LogP contribution in [0.25, 0.3) is 21.4 Å². The molecule has 0 saturated carbocycles. The van der Waals surface area contributed by atoms with Crippen LogP contribution in [0, 0.1) is 6.92 Å². The summed E-state index contributed by atoms with van der Waals surface area (Å²) < 4.78 is 10.3. The summed E-state index contributed by atoms with van der Waals surface area (Å²) in [6.45, 7) is 1.74. The molecule has 0 spiro atoms. The van der Waals surface area contributed by atoms with Crippen molar-refractivity contribution in [3.8, 4) is 21.9 Å². The van der Waals surface area contributed by atoms with Crippen LogP contribution < -0.4 is 10.4 Å². The molecule has 0 unspecified atom stereocenters. The van der Waals surface area contributed by atoms with Gasteiger partial charge in [-0.3, -0.25) is 0 Å². The zero-order chi connectivity index (χ0) is 16.7. The number of methoxy groups -OCH3 is 1. The van der Waals surface area contributed by atoms with E-state index in [9.17, 15) is 14.7 Å². The summed E-state index contributed by atoms with van der Waals surface area (Å²) in [5.74, 6) is -0.909. The molecule has 1 aromatic carbocycles. The summed E-state index contributed by atoms with van der Waals surface area (Å²) in [5, 5.41) is 19.4. The normalized spacial score (nSPS) is 10.9. The predicted molar refractivity (Wildman–Crippen MR) is 85.7 cm³/mol. The lowest BCUT2D eigenvalue weighted by molar-refractivity contribution is 0.0702. The highest BCUT2D eigenvalue weighted by atomic mass is 32.1. The lowest BCUT2D eigenvalue weighted by Crippen LogP contribution is -2.05. The largest absolute Gasteiger partial charge is 0.504 e. The van der Waals surface area contributed by atoms with Gasteiger partial charge < -0.3 is 19.4 Å². The number of carboxylic acids is 1. The molecule has 0 fully saturated rings. The minimum absolute atomic E-state index is 0.125. The minimum atomic E-state index is -1.05. The van der Waals surface area contributed by atoms with Crippen molar-refractivity contribution in [1.29, 1.82) is 0 Å². The van der Waals surface area contributed by atoms with Crippen molar-refractivity contribution in [3.05, 3.63) is 45.1 Å². The SMILES string of the molecule is COc1cc2c(C)c(-c3ccc(C(=O)O)s3)c(=O)oc2cc1O. The molecule has 0 radical (unpaired) electrons. The van der Waals surface area contributed by atoms with Crippen LogP contribution in [0.1, 0.15) is 15.2 Å². The highest BCUT2D eigenvalue weighted by Crippen LogP contribution is 2.36. The standard InChI is InChI=1S/C16H12O6S/c1-7-8-5-11(21-2)9(17)6-10(8)22-16(20)14(7)12-3-4-13(23-12)15(18)19/h3-6,17H,1-2H3,(H,18,19). The quantitative estimate of drug-likeness (QED) is 0.715. The monoisotopic (exact) mass is 332 g/mol. The van der Waals surface area contributed by atoms with E-state index in [0.29, 0.717) is 21.4 Å². The van der Waals surface area contributed by atoms with Crippen molar-refractivity contribution >= 4 is 28.3 Å². The average molecular weight is 332 g/mol. The second-order valence-corrected chi connectivity index (χ2v) is 5.96. The summed E-state index contributed by atoms with van der Waals surface area (Å²) in [4.78, 5) is 23.9. The molecule has 0 amide bonds. The van der Waals surface area contributed by atoms with E-state index in [4.69, 9.17) is 14.3 Å². The fourth-order valence-electron chi connectivity index (χ4n) is 2.40. The minimum Gasteiger partial charge on any atom is -0.504 e. The van der Waals surface area contributed by atoms with Gasteiger partial charge in [-0.1, -0.05) is 0 Å². The van der Waals surface area contributed by atoms with Gasteiger partial charge in [0, 0.05) is 16.3 Å². The van der Waals surface area contributed by atoms with Crippen LogP contribution in [-0.2, 0) is 0 Å². The van der Waals surface area contributed by atoms with E-state index >= 15 is 0 Å². The van der Waals surface area contributed by atoms with E-state index in [1.54, 1.807) is 19.1 Å². The van der Waals surface area contributed by atoms with Crippen LogP contribution in [0.15, 0.2) is 33.5 Å². The zero-order valence-corrected chi connectivity index (χ0v) is 13.1. The Kier molecular flexibility index (Phi) is 3.57. The first-order valence-electron chi connectivity index (χ1n) is 6.60. The summed E-state index contributed by atoms with van der Waals surface area (Å²) in [6.07, 6.45) is 0. The lowest BCUT2D eigenvalue weighted by Gasteiger charge is -2.09. The van der Waals surface area contributed by atoms with Crippen molar-refractivity contribution in [2.75, 3.05) is 7.11 Å². The van der Waals surface area contributed by atoms with Crippen LogP contribution in [0.5, 0.6) is 11.5 Å². The van der Waals surface area contributed by atoms with E-state index in [0.717, 1.165) is 11.3 Å². The van der Waals surface area contributed by atoms with Crippen molar-refractivity contribution in [3.63, 3.8) is 0 Å². The Morgan fingerprint density at radius 1 is 1.30 bits per heavy atom. The first-order chi connectivity index (χ1) is 10.9. The average Bonchev–Trinajstić information content (AvgIpc) is 2.96. The van der Waals surface area contributed by atoms with Crippen molar-refractivity contribution in [2.24, 2.45) is 0 Å². The highest BCUT2D eigenvalue weighted by molar-refractivity contribution is 7.17. The second-order valence-electron chi connectivity index (χ2n) is 4.88. The third-order valence-electron chi connectivity index (χ3n) is 3.53. The van der Waals surface area contributed by atoms with Crippen LogP contribution in [-0.4, -0.2) is 23.3 Å². The molecule has 2 heterocycles. The summed E-state index contributed by atoms with van der Waals surface area (Å²) in [5.41, 5.74) is 0.596. The summed E-state index contributed by atoms with van der Waals surface area (Å²) >= 11 is 1.00. The number of hydrogen-bond donors (Lipinski definition) is 2. The first kappa shape index (κ1) is 15.1. The topological polar surface area (TPSA) is 97.0 Å². The molecule has 118 valence electrons. The molecule has 0 saturated heterocycles. The molecule has 0 aliphatic carbocycles. The van der Waals surface area contributed by atoms with Gasteiger partial charge in [-0.2, -0.15) is 0 Å². The Morgan fingerprint density at radius 3 is 2.65 bits per heavy atom. The van der Waals surface area contributed by atoms with Crippen molar-refractivity contribution < 1.29 is 24.2 Å². The number of benzene rings is 1. The number of aromatic hydroxyl groups is 1. The third-order valence-corrected chi connectivity index (χ3v) is 4.62. The fourth-order valence-corrected chi connectivity index (χ4v) is 3.34. The number of rotatable bonds is 3. The number of fused-ring (bicyclic) bond motifs is 1. The Labute approximate surface area is 134 Å². The van der Waals surface area contributed by atoms with E-state index in [1.165, 1.54) is 19.2 Å². The fraction of sp³-hybridized carbons (Fsp3) is 0.125. The van der Waals surface area contributed by atoms with E-state index in [1.807, 2.05) is 0 Å². The van der Waals surface area contributed by atoms with E-state index in [-0.39, 0.29) is 22.0 Å². The number of carboxylic acid groups (broad SMARTS) is 1. The number of phenols is 1. The first-order valence-corrected chi connectivity index (χ1v) is 7.42.